The first kappa shape index (κ1) is 12.4. The van der Waals surface area contributed by atoms with Crippen molar-refractivity contribution in [3.63, 3.8) is 0 Å². The summed E-state index contributed by atoms with van der Waals surface area (Å²) in [6, 6.07) is 1.87. The highest BCUT2D eigenvalue weighted by Crippen LogP contribution is 2.43. The van der Waals surface area contributed by atoms with Crippen molar-refractivity contribution in [1.29, 1.82) is 0 Å². The van der Waals surface area contributed by atoms with Crippen molar-refractivity contribution in [3.05, 3.63) is 22.7 Å². The van der Waals surface area contributed by atoms with Gasteiger partial charge in [-0.1, -0.05) is 32.4 Å². The molecule has 3 nitrogen and oxygen atoms in total. The predicted octanol–water partition coefficient (Wildman–Crippen LogP) is 3.46. The molecular formula is C14H19ClN2O. The lowest BCUT2D eigenvalue weighted by atomic mass is 9.87. The highest BCUT2D eigenvalue weighted by atomic mass is 35.5. The Labute approximate surface area is 113 Å². The average Bonchev–Trinajstić information content (AvgIpc) is 2.88. The first-order valence-electron chi connectivity index (χ1n) is 6.64. The second kappa shape index (κ2) is 4.17. The van der Waals surface area contributed by atoms with Crippen LogP contribution < -0.4 is 0 Å². The summed E-state index contributed by atoms with van der Waals surface area (Å²) in [6.07, 6.45) is 4.10. The van der Waals surface area contributed by atoms with Gasteiger partial charge in [-0.25, -0.2) is 9.97 Å². The predicted molar refractivity (Wildman–Crippen MR) is 71.0 cm³/mol. The summed E-state index contributed by atoms with van der Waals surface area (Å²) in [5.41, 5.74) is 1.01. The fourth-order valence-electron chi connectivity index (χ4n) is 2.89. The van der Waals surface area contributed by atoms with Crippen LogP contribution in [0, 0.1) is 0 Å². The Kier molecular flexibility index (Phi) is 2.87. The van der Waals surface area contributed by atoms with Crippen molar-refractivity contribution >= 4 is 11.6 Å². The van der Waals surface area contributed by atoms with E-state index in [0.29, 0.717) is 23.3 Å². The number of hydrogen-bond donors (Lipinski definition) is 0. The second-order valence-corrected chi connectivity index (χ2v) is 6.79. The molecule has 2 fully saturated rings. The van der Waals surface area contributed by atoms with Gasteiger partial charge < -0.3 is 4.74 Å². The normalized spacial score (nSPS) is 31.0. The van der Waals surface area contributed by atoms with Crippen molar-refractivity contribution < 1.29 is 4.74 Å². The molecule has 3 rings (SSSR count). The van der Waals surface area contributed by atoms with Crippen LogP contribution in [0.4, 0.5) is 0 Å². The third-order valence-corrected chi connectivity index (χ3v) is 4.11. The minimum atomic E-state index is -0.000192. The standard InChI is InChI=1S/C14H19ClN2O/c1-14(2,3)11-7-12(15)17-13(16-11)9-6-8-4-5-10(9)18-8/h7-10H,4-6H2,1-3H3. The van der Waals surface area contributed by atoms with Crippen molar-refractivity contribution in [2.75, 3.05) is 0 Å². The van der Waals surface area contributed by atoms with E-state index in [-0.39, 0.29) is 5.41 Å². The van der Waals surface area contributed by atoms with E-state index in [1.807, 2.05) is 6.07 Å². The zero-order chi connectivity index (χ0) is 12.9. The molecule has 3 heterocycles. The molecule has 2 aliphatic heterocycles. The largest absolute Gasteiger partial charge is 0.374 e. The van der Waals surface area contributed by atoms with E-state index < -0.39 is 0 Å². The monoisotopic (exact) mass is 266 g/mol. The van der Waals surface area contributed by atoms with Crippen molar-refractivity contribution in [2.24, 2.45) is 0 Å². The van der Waals surface area contributed by atoms with Gasteiger partial charge in [-0.3, -0.25) is 0 Å². The molecule has 0 radical (unpaired) electrons. The summed E-state index contributed by atoms with van der Waals surface area (Å²) in [6.45, 7) is 6.44. The molecular weight excluding hydrogens is 248 g/mol. The molecule has 0 spiro atoms. The van der Waals surface area contributed by atoms with Crippen LogP contribution in [0.2, 0.25) is 5.15 Å². The van der Waals surface area contributed by atoms with E-state index in [9.17, 15) is 0 Å². The molecule has 2 saturated heterocycles. The molecule has 0 amide bonds. The molecule has 1 aromatic rings. The number of halogens is 1. The van der Waals surface area contributed by atoms with Gasteiger partial charge in [0, 0.05) is 11.3 Å². The van der Waals surface area contributed by atoms with E-state index in [1.165, 1.54) is 6.42 Å². The third kappa shape index (κ3) is 2.14. The van der Waals surface area contributed by atoms with Gasteiger partial charge in [0.1, 0.15) is 11.0 Å². The molecule has 18 heavy (non-hydrogen) atoms. The average molecular weight is 267 g/mol. The number of rotatable bonds is 1. The van der Waals surface area contributed by atoms with Crippen LogP contribution in [-0.2, 0) is 10.2 Å². The van der Waals surface area contributed by atoms with Gasteiger partial charge in [0.05, 0.1) is 17.9 Å². The molecule has 0 N–H and O–H groups in total. The summed E-state index contributed by atoms with van der Waals surface area (Å²) in [7, 11) is 0. The summed E-state index contributed by atoms with van der Waals surface area (Å²) >= 11 is 6.14. The number of hydrogen-bond acceptors (Lipinski definition) is 3. The summed E-state index contributed by atoms with van der Waals surface area (Å²) < 4.78 is 5.88. The van der Waals surface area contributed by atoms with Crippen LogP contribution in [0.1, 0.15) is 57.5 Å². The first-order valence-corrected chi connectivity index (χ1v) is 7.02. The summed E-state index contributed by atoms with van der Waals surface area (Å²) in [4.78, 5) is 9.15. The Morgan fingerprint density at radius 1 is 1.28 bits per heavy atom. The topological polar surface area (TPSA) is 35.0 Å². The Balaban J connectivity index is 1.95. The Hall–Kier alpha value is -0.670. The molecule has 1 aromatic heterocycles. The van der Waals surface area contributed by atoms with E-state index in [2.05, 4.69) is 25.8 Å². The van der Waals surface area contributed by atoms with Gasteiger partial charge in [-0.2, -0.15) is 0 Å². The maximum Gasteiger partial charge on any atom is 0.136 e. The molecule has 0 aliphatic carbocycles. The highest BCUT2D eigenvalue weighted by Gasteiger charge is 2.43. The summed E-state index contributed by atoms with van der Waals surface area (Å²) in [5.74, 6) is 1.21. The van der Waals surface area contributed by atoms with Crippen molar-refractivity contribution in [3.8, 4) is 0 Å². The third-order valence-electron chi connectivity index (χ3n) is 3.92. The quantitative estimate of drug-likeness (QED) is 0.730. The Bertz CT molecular complexity index is 469. The van der Waals surface area contributed by atoms with Crippen LogP contribution in [0.25, 0.3) is 0 Å². The van der Waals surface area contributed by atoms with Crippen LogP contribution in [0.3, 0.4) is 0 Å². The lowest BCUT2D eigenvalue weighted by molar-refractivity contribution is 0.0998. The molecule has 3 unspecified atom stereocenters. The van der Waals surface area contributed by atoms with E-state index in [4.69, 9.17) is 21.3 Å². The molecule has 0 aromatic carbocycles. The van der Waals surface area contributed by atoms with Gasteiger partial charge in [-0.05, 0) is 25.3 Å². The van der Waals surface area contributed by atoms with E-state index in [1.54, 1.807) is 0 Å². The van der Waals surface area contributed by atoms with E-state index >= 15 is 0 Å². The van der Waals surface area contributed by atoms with Crippen LogP contribution in [-0.4, -0.2) is 22.2 Å². The molecule has 98 valence electrons. The first-order chi connectivity index (χ1) is 8.43. The Morgan fingerprint density at radius 2 is 2.06 bits per heavy atom. The lowest BCUT2D eigenvalue weighted by Crippen LogP contribution is -2.21. The van der Waals surface area contributed by atoms with Crippen LogP contribution in [0.15, 0.2) is 6.07 Å². The highest BCUT2D eigenvalue weighted by molar-refractivity contribution is 6.29. The van der Waals surface area contributed by atoms with E-state index in [0.717, 1.165) is 24.4 Å². The van der Waals surface area contributed by atoms with Crippen molar-refractivity contribution in [2.45, 2.75) is 63.6 Å². The lowest BCUT2D eigenvalue weighted by Gasteiger charge is -2.22. The molecule has 4 heteroatoms. The number of ether oxygens (including phenoxy) is 1. The minimum Gasteiger partial charge on any atom is -0.374 e. The molecule has 2 aliphatic rings. The number of aromatic nitrogens is 2. The van der Waals surface area contributed by atoms with Gasteiger partial charge in [0.2, 0.25) is 0 Å². The zero-order valence-corrected chi connectivity index (χ0v) is 11.9. The zero-order valence-electron chi connectivity index (χ0n) is 11.1. The number of nitrogens with zero attached hydrogens (tertiary/aromatic N) is 2. The minimum absolute atomic E-state index is 0.000192. The summed E-state index contributed by atoms with van der Waals surface area (Å²) in [5, 5.41) is 0.549. The molecule has 3 atom stereocenters. The van der Waals surface area contributed by atoms with Gasteiger partial charge >= 0.3 is 0 Å². The van der Waals surface area contributed by atoms with Crippen molar-refractivity contribution in [1.82, 2.24) is 9.97 Å². The smallest absolute Gasteiger partial charge is 0.136 e. The number of fused-ring (bicyclic) bond motifs is 2. The van der Waals surface area contributed by atoms with Gasteiger partial charge in [-0.15, -0.1) is 0 Å². The maximum absolute atomic E-state index is 6.14. The fraction of sp³-hybridized carbons (Fsp3) is 0.714. The maximum atomic E-state index is 6.14. The second-order valence-electron chi connectivity index (χ2n) is 6.40. The molecule has 2 bridgehead atoms. The van der Waals surface area contributed by atoms with Crippen LogP contribution in [0.5, 0.6) is 0 Å². The molecule has 0 saturated carbocycles. The fourth-order valence-corrected chi connectivity index (χ4v) is 3.08. The van der Waals surface area contributed by atoms with Gasteiger partial charge in [0.15, 0.2) is 0 Å². The van der Waals surface area contributed by atoms with Crippen LogP contribution >= 0.6 is 11.6 Å². The SMILES string of the molecule is CC(C)(C)c1cc(Cl)nc(C2CC3CCC2O3)n1. The Morgan fingerprint density at radius 3 is 2.61 bits per heavy atom. The van der Waals surface area contributed by atoms with Gasteiger partial charge in [0.25, 0.3) is 0 Å².